The molecule has 0 aliphatic carbocycles. The van der Waals surface area contributed by atoms with Crippen LogP contribution in [-0.2, 0) is 16.2 Å². The maximum Gasteiger partial charge on any atom is 0.416 e. The fourth-order valence-electron chi connectivity index (χ4n) is 4.68. The van der Waals surface area contributed by atoms with Gasteiger partial charge in [0.25, 0.3) is 0 Å². The van der Waals surface area contributed by atoms with E-state index < -0.39 is 45.9 Å². The monoisotopic (exact) mass is 605 g/mol. The maximum absolute atomic E-state index is 13.7. The number of fused-ring (bicyclic) bond motifs is 1. The van der Waals surface area contributed by atoms with E-state index in [0.29, 0.717) is 0 Å². The number of alkyl halides is 3. The zero-order valence-corrected chi connectivity index (χ0v) is 24.5. The molecule has 0 unspecified atom stereocenters. The third kappa shape index (κ3) is 6.88. The first kappa shape index (κ1) is 31.3. The van der Waals surface area contributed by atoms with Gasteiger partial charge in [0.05, 0.1) is 18.7 Å². The number of nitrogens with zero attached hydrogens (tertiary/aromatic N) is 2. The van der Waals surface area contributed by atoms with Crippen LogP contribution in [0.2, 0.25) is 0 Å². The molecule has 1 aliphatic rings. The lowest BCUT2D eigenvalue weighted by Gasteiger charge is -2.37. The number of urea groups is 1. The van der Waals surface area contributed by atoms with Gasteiger partial charge >= 0.3 is 12.2 Å². The summed E-state index contributed by atoms with van der Waals surface area (Å²) >= 11 is 0. The molecule has 0 aromatic heterocycles. The molecule has 3 aromatic carbocycles. The molecule has 3 aromatic rings. The van der Waals surface area contributed by atoms with E-state index in [1.807, 2.05) is 31.2 Å². The highest BCUT2D eigenvalue weighted by molar-refractivity contribution is 7.89. The van der Waals surface area contributed by atoms with Crippen LogP contribution in [0.3, 0.4) is 0 Å². The lowest BCUT2D eigenvalue weighted by molar-refractivity contribution is -0.137. The van der Waals surface area contributed by atoms with Gasteiger partial charge in [0.1, 0.15) is 16.7 Å². The van der Waals surface area contributed by atoms with Crippen molar-refractivity contribution < 1.29 is 36.2 Å². The molecular weight excluding hydrogens is 571 g/mol. The van der Waals surface area contributed by atoms with E-state index >= 15 is 0 Å². The van der Waals surface area contributed by atoms with Crippen molar-refractivity contribution in [3.05, 3.63) is 77.9 Å². The number of amides is 2. The van der Waals surface area contributed by atoms with Crippen LogP contribution < -0.4 is 10.1 Å². The molecule has 2 amide bonds. The number of benzene rings is 3. The lowest BCUT2D eigenvalue weighted by atomic mass is 10.0. The smallest absolute Gasteiger partial charge is 0.416 e. The number of halogens is 3. The molecule has 1 aliphatic heterocycles. The number of nitrogens with one attached hydrogen (secondary N) is 1. The molecular formula is C30H34F3N3O5S. The van der Waals surface area contributed by atoms with Gasteiger partial charge < -0.3 is 20.1 Å². The van der Waals surface area contributed by atoms with Crippen LogP contribution in [0, 0.1) is 12.8 Å². The van der Waals surface area contributed by atoms with Gasteiger partial charge in [-0.1, -0.05) is 42.8 Å². The van der Waals surface area contributed by atoms with E-state index in [1.54, 1.807) is 26.0 Å². The Balaban J connectivity index is 1.63. The molecule has 42 heavy (non-hydrogen) atoms. The minimum Gasteiger partial charge on any atom is -0.487 e. The molecule has 0 fully saturated rings. The maximum atomic E-state index is 13.7. The molecule has 1 heterocycles. The van der Waals surface area contributed by atoms with Gasteiger partial charge in [-0.15, -0.1) is 0 Å². The zero-order valence-electron chi connectivity index (χ0n) is 23.7. The van der Waals surface area contributed by atoms with Gasteiger partial charge in [0, 0.05) is 31.2 Å². The van der Waals surface area contributed by atoms with E-state index in [2.05, 4.69) is 5.32 Å². The standard InChI is InChI=1S/C30H34F3N3O5S/c1-19-5-7-22(8-6-19)23-9-14-28-26(15-23)41-27(20(2)16-36(21(3)18-37)42(28,39)40)17-35(4)29(38)34-25-12-10-24(11-13-25)30(31,32)33/h5-15,20-21,27,37H,16-18H2,1-4H3,(H,34,38)/t20-,21+,27+/m0/s1. The number of aliphatic hydroxyl groups is 1. The molecule has 0 spiro atoms. The number of sulfonamides is 1. The van der Waals surface area contributed by atoms with Crippen LogP contribution in [0.1, 0.15) is 25.0 Å². The van der Waals surface area contributed by atoms with Crippen molar-refractivity contribution in [1.29, 1.82) is 0 Å². The summed E-state index contributed by atoms with van der Waals surface area (Å²) in [6, 6.07) is 15.4. The van der Waals surface area contributed by atoms with E-state index in [4.69, 9.17) is 4.74 Å². The number of carbonyl (C=O) groups is 1. The van der Waals surface area contributed by atoms with Crippen molar-refractivity contribution in [3.63, 3.8) is 0 Å². The number of anilines is 1. The Bertz CT molecular complexity index is 1510. The summed E-state index contributed by atoms with van der Waals surface area (Å²) in [6.45, 7) is 5.07. The number of hydrogen-bond donors (Lipinski definition) is 2. The second-order valence-corrected chi connectivity index (χ2v) is 12.5. The Morgan fingerprint density at radius 3 is 2.31 bits per heavy atom. The highest BCUT2D eigenvalue weighted by atomic mass is 32.2. The average Bonchev–Trinajstić information content (AvgIpc) is 2.94. The van der Waals surface area contributed by atoms with Gasteiger partial charge in [-0.25, -0.2) is 13.2 Å². The van der Waals surface area contributed by atoms with Gasteiger partial charge in [0.15, 0.2) is 0 Å². The van der Waals surface area contributed by atoms with Crippen LogP contribution in [0.5, 0.6) is 5.75 Å². The molecule has 0 radical (unpaired) electrons. The van der Waals surface area contributed by atoms with Crippen LogP contribution in [0.25, 0.3) is 11.1 Å². The van der Waals surface area contributed by atoms with Crippen molar-refractivity contribution in [2.45, 2.75) is 44.0 Å². The number of aryl methyl sites for hydroxylation is 1. The average molecular weight is 606 g/mol. The zero-order chi connectivity index (χ0) is 30.8. The molecule has 12 heteroatoms. The van der Waals surface area contributed by atoms with Crippen molar-refractivity contribution in [3.8, 4) is 16.9 Å². The molecule has 8 nitrogen and oxygen atoms in total. The summed E-state index contributed by atoms with van der Waals surface area (Å²) in [4.78, 5) is 14.2. The molecule has 2 N–H and O–H groups in total. The normalized spacial score (nSPS) is 19.5. The second kappa shape index (κ2) is 12.3. The van der Waals surface area contributed by atoms with Gasteiger partial charge in [-0.2, -0.15) is 17.5 Å². The predicted octanol–water partition coefficient (Wildman–Crippen LogP) is 5.61. The molecule has 0 saturated heterocycles. The first-order valence-electron chi connectivity index (χ1n) is 13.4. The SMILES string of the molecule is Cc1ccc(-c2ccc3c(c2)O[C@H](CN(C)C(=O)Nc2ccc(C(F)(F)F)cc2)[C@@H](C)CN([C@H](C)CO)S3(=O)=O)cc1. The van der Waals surface area contributed by atoms with Crippen molar-refractivity contribution >= 4 is 21.7 Å². The minimum atomic E-state index is -4.49. The van der Waals surface area contributed by atoms with Crippen LogP contribution in [0.15, 0.2) is 71.6 Å². The minimum absolute atomic E-state index is 0.0300. The number of aliphatic hydroxyl groups excluding tert-OH is 1. The number of rotatable bonds is 6. The fourth-order valence-corrected chi connectivity index (χ4v) is 6.51. The Labute approximate surface area is 243 Å². The van der Waals surface area contributed by atoms with Crippen molar-refractivity contribution in [1.82, 2.24) is 9.21 Å². The molecule has 0 bridgehead atoms. The van der Waals surface area contributed by atoms with E-state index in [1.165, 1.54) is 34.5 Å². The largest absolute Gasteiger partial charge is 0.487 e. The number of hydrogen-bond acceptors (Lipinski definition) is 5. The van der Waals surface area contributed by atoms with Crippen LogP contribution in [0.4, 0.5) is 23.7 Å². The van der Waals surface area contributed by atoms with Gasteiger partial charge in [-0.3, -0.25) is 0 Å². The third-order valence-corrected chi connectivity index (χ3v) is 9.34. The Morgan fingerprint density at radius 1 is 1.10 bits per heavy atom. The molecule has 3 atom stereocenters. The summed E-state index contributed by atoms with van der Waals surface area (Å²) in [6.07, 6.45) is -5.15. The third-order valence-electron chi connectivity index (χ3n) is 7.32. The highest BCUT2D eigenvalue weighted by Gasteiger charge is 2.38. The second-order valence-electron chi connectivity index (χ2n) is 10.7. The molecule has 226 valence electrons. The number of carbonyl (C=O) groups excluding carboxylic acids is 1. The first-order chi connectivity index (χ1) is 19.7. The van der Waals surface area contributed by atoms with E-state index in [9.17, 15) is 31.5 Å². The quantitative estimate of drug-likeness (QED) is 0.381. The van der Waals surface area contributed by atoms with Crippen molar-refractivity contribution in [2.75, 3.05) is 32.1 Å². The summed E-state index contributed by atoms with van der Waals surface area (Å²) in [5, 5.41) is 12.4. The summed E-state index contributed by atoms with van der Waals surface area (Å²) in [5.41, 5.74) is 2.04. The van der Waals surface area contributed by atoms with Gasteiger partial charge in [-0.05, 0) is 61.4 Å². The summed E-state index contributed by atoms with van der Waals surface area (Å²) in [7, 11) is -2.52. The number of ether oxygens (including phenoxy) is 1. The van der Waals surface area contributed by atoms with Crippen LogP contribution in [-0.4, -0.2) is 67.7 Å². The highest BCUT2D eigenvalue weighted by Crippen LogP contribution is 2.37. The van der Waals surface area contributed by atoms with Crippen molar-refractivity contribution in [2.24, 2.45) is 5.92 Å². The van der Waals surface area contributed by atoms with E-state index in [-0.39, 0.29) is 36.0 Å². The Kier molecular flexibility index (Phi) is 9.19. The molecule has 0 saturated carbocycles. The topological polar surface area (TPSA) is 99.2 Å². The Hall–Kier alpha value is -3.61. The predicted molar refractivity (Wildman–Crippen MR) is 154 cm³/mol. The Morgan fingerprint density at radius 2 is 1.71 bits per heavy atom. The lowest BCUT2D eigenvalue weighted by Crippen LogP contribution is -2.50. The van der Waals surface area contributed by atoms with Gasteiger partial charge in [0.2, 0.25) is 10.0 Å². The molecule has 4 rings (SSSR count). The first-order valence-corrected chi connectivity index (χ1v) is 14.8. The summed E-state index contributed by atoms with van der Waals surface area (Å²) < 4.78 is 73.7. The fraction of sp³-hybridized carbons (Fsp3) is 0.367. The summed E-state index contributed by atoms with van der Waals surface area (Å²) in [5.74, 6) is -0.289. The van der Waals surface area contributed by atoms with E-state index in [0.717, 1.165) is 28.8 Å². The number of likely N-dealkylation sites (N-methyl/N-ethyl adjacent to an activating group) is 1. The van der Waals surface area contributed by atoms with Crippen LogP contribution >= 0.6 is 0 Å².